The van der Waals surface area contributed by atoms with Gasteiger partial charge in [0.25, 0.3) is 8.32 Å². The third-order valence-electron chi connectivity index (χ3n) is 10.9. The first-order valence-corrected chi connectivity index (χ1v) is 23.8. The Bertz CT molecular complexity index is 2300. The van der Waals surface area contributed by atoms with Gasteiger partial charge in [0, 0.05) is 11.3 Å². The largest absolute Gasteiger partial charge is 0.455 e. The SMILES string of the molecule is CC(=O)CCC(=O)O[C@H]1[C@H](OC(=O)c2ccc(C)cc2)[C@@H](OC(=O)c2ccc(C)cc2)[C@H](S(=O)c2ccc(C)cc2)O[C@@H]1CO[Si](c1ccccc1)(c1ccccc1)C(C)(C)C. The number of carbonyl (C=O) groups excluding carboxylic acids is 4. The number of hydrogen-bond acceptors (Lipinski definition) is 10. The van der Waals surface area contributed by atoms with E-state index < -0.39 is 71.9 Å². The zero-order valence-corrected chi connectivity index (χ0v) is 38.0. The molecular formula is C50H54O10SSi. The molecule has 6 rings (SSSR count). The van der Waals surface area contributed by atoms with Crippen LogP contribution in [0.5, 0.6) is 0 Å². The minimum atomic E-state index is -3.29. The smallest absolute Gasteiger partial charge is 0.338 e. The van der Waals surface area contributed by atoms with Gasteiger partial charge in [0.05, 0.1) is 35.0 Å². The average Bonchev–Trinajstić information content (AvgIpc) is 3.25. The molecule has 0 spiro atoms. The van der Waals surface area contributed by atoms with Gasteiger partial charge in [-0.15, -0.1) is 0 Å². The van der Waals surface area contributed by atoms with Crippen molar-refractivity contribution in [2.75, 3.05) is 6.61 Å². The Labute approximate surface area is 367 Å². The van der Waals surface area contributed by atoms with E-state index in [9.17, 15) is 23.4 Å². The lowest BCUT2D eigenvalue weighted by molar-refractivity contribution is -0.221. The molecule has 0 N–H and O–H groups in total. The van der Waals surface area contributed by atoms with Crippen molar-refractivity contribution in [3.63, 3.8) is 0 Å². The Kier molecular flexibility index (Phi) is 14.9. The zero-order chi connectivity index (χ0) is 44.6. The highest BCUT2D eigenvalue weighted by Gasteiger charge is 2.57. The molecule has 324 valence electrons. The highest BCUT2D eigenvalue weighted by Crippen LogP contribution is 2.39. The van der Waals surface area contributed by atoms with Gasteiger partial charge in [-0.3, -0.25) is 9.00 Å². The van der Waals surface area contributed by atoms with Crippen LogP contribution in [0.2, 0.25) is 5.04 Å². The predicted molar refractivity (Wildman–Crippen MR) is 240 cm³/mol. The second kappa shape index (κ2) is 20.1. The number of Topliss-reactive ketones (excluding diaryl/α,β-unsaturated/α-hetero) is 1. The van der Waals surface area contributed by atoms with Gasteiger partial charge in [-0.05, 0) is 79.5 Å². The van der Waals surface area contributed by atoms with E-state index in [2.05, 4.69) is 20.8 Å². The quantitative estimate of drug-likeness (QED) is 0.0585. The van der Waals surface area contributed by atoms with E-state index in [4.69, 9.17) is 23.4 Å². The fourth-order valence-electron chi connectivity index (χ4n) is 7.61. The van der Waals surface area contributed by atoms with Gasteiger partial charge >= 0.3 is 17.9 Å². The molecule has 1 aliphatic rings. The van der Waals surface area contributed by atoms with Gasteiger partial charge < -0.3 is 28.2 Å². The highest BCUT2D eigenvalue weighted by molar-refractivity contribution is 7.85. The summed E-state index contributed by atoms with van der Waals surface area (Å²) in [6, 6.07) is 40.3. The van der Waals surface area contributed by atoms with Crippen LogP contribution in [0.25, 0.3) is 0 Å². The molecule has 62 heavy (non-hydrogen) atoms. The third kappa shape index (κ3) is 10.7. The number of carbonyl (C=O) groups is 4. The van der Waals surface area contributed by atoms with Crippen LogP contribution in [-0.4, -0.2) is 72.7 Å². The standard InChI is InChI=1S/C50H54O10SSi/c1-33-18-25-37(26-19-33)47(53)59-45-44(58-43(52)31-24-36(4)51)42(32-56-62(50(5,6)7,40-14-10-8-11-15-40)41-16-12-9-13-17-41)57-49(61(55)39-29-22-35(3)23-30-39)46(45)60-48(54)38-27-20-34(2)21-28-38/h8-23,25-30,42,44-46,49H,24,31-32H2,1-7H3/t42-,44-,45+,46-,49+,61?/m1/s1. The molecule has 0 aromatic heterocycles. The number of esters is 3. The van der Waals surface area contributed by atoms with Crippen LogP contribution in [0, 0.1) is 20.8 Å². The maximum atomic E-state index is 15.0. The van der Waals surface area contributed by atoms with Gasteiger partial charge in [-0.25, -0.2) is 9.59 Å². The molecule has 0 bridgehead atoms. The van der Waals surface area contributed by atoms with Gasteiger partial charge in [0.15, 0.2) is 23.7 Å². The second-order valence-corrected chi connectivity index (χ2v) is 22.6. The first kappa shape index (κ1) is 46.0. The van der Waals surface area contributed by atoms with E-state index in [1.54, 1.807) is 60.7 Å². The molecule has 0 amide bonds. The van der Waals surface area contributed by atoms with Crippen LogP contribution in [0.15, 0.2) is 138 Å². The predicted octanol–water partition coefficient (Wildman–Crippen LogP) is 7.75. The molecule has 1 heterocycles. The van der Waals surface area contributed by atoms with Gasteiger partial charge in [-0.1, -0.05) is 135 Å². The van der Waals surface area contributed by atoms with Crippen molar-refractivity contribution in [3.8, 4) is 0 Å². The monoisotopic (exact) mass is 874 g/mol. The molecule has 1 unspecified atom stereocenters. The van der Waals surface area contributed by atoms with Crippen molar-refractivity contribution in [1.29, 1.82) is 0 Å². The van der Waals surface area contributed by atoms with Crippen LogP contribution < -0.4 is 10.4 Å². The van der Waals surface area contributed by atoms with E-state index >= 15 is 0 Å². The topological polar surface area (TPSA) is 132 Å². The fourth-order valence-corrected chi connectivity index (χ4v) is 13.6. The summed E-state index contributed by atoms with van der Waals surface area (Å²) < 4.78 is 47.9. The number of rotatable bonds is 15. The van der Waals surface area contributed by atoms with Gasteiger partial charge in [-0.2, -0.15) is 0 Å². The van der Waals surface area contributed by atoms with Crippen molar-refractivity contribution < 1.29 is 46.8 Å². The molecule has 1 saturated heterocycles. The fraction of sp³-hybridized carbons (Fsp3) is 0.320. The van der Waals surface area contributed by atoms with Crippen LogP contribution >= 0.6 is 0 Å². The Morgan fingerprint density at radius 1 is 0.597 bits per heavy atom. The lowest BCUT2D eigenvalue weighted by Crippen LogP contribution is -2.69. The molecule has 0 aliphatic carbocycles. The van der Waals surface area contributed by atoms with Crippen molar-refractivity contribution >= 4 is 53.2 Å². The number of benzene rings is 5. The van der Waals surface area contributed by atoms with Crippen LogP contribution in [-0.2, 0) is 43.8 Å². The maximum Gasteiger partial charge on any atom is 0.338 e. The minimum absolute atomic E-state index is 0.102. The molecular weight excluding hydrogens is 821 g/mol. The van der Waals surface area contributed by atoms with Gasteiger partial charge in [0.2, 0.25) is 0 Å². The second-order valence-electron chi connectivity index (χ2n) is 16.8. The highest BCUT2D eigenvalue weighted by atomic mass is 32.2. The number of aryl methyl sites for hydroxylation is 3. The number of ether oxygens (including phenoxy) is 4. The Morgan fingerprint density at radius 3 is 1.50 bits per heavy atom. The molecule has 1 fully saturated rings. The minimum Gasteiger partial charge on any atom is -0.455 e. The molecule has 0 saturated carbocycles. The molecule has 5 aromatic rings. The summed E-state index contributed by atoms with van der Waals surface area (Å²) in [7, 11) is -5.35. The van der Waals surface area contributed by atoms with Crippen molar-refractivity contribution in [3.05, 3.63) is 161 Å². The number of hydrogen-bond donors (Lipinski definition) is 0. The van der Waals surface area contributed by atoms with Crippen molar-refractivity contribution in [1.82, 2.24) is 0 Å². The summed E-state index contributed by atoms with van der Waals surface area (Å²) in [4.78, 5) is 54.5. The summed E-state index contributed by atoms with van der Waals surface area (Å²) in [5.74, 6) is -2.61. The first-order chi connectivity index (χ1) is 29.6. The van der Waals surface area contributed by atoms with Crippen molar-refractivity contribution in [2.24, 2.45) is 0 Å². The molecule has 10 nitrogen and oxygen atoms in total. The molecule has 0 radical (unpaired) electrons. The van der Waals surface area contributed by atoms with E-state index in [0.29, 0.717) is 4.90 Å². The van der Waals surface area contributed by atoms with E-state index in [1.807, 2.05) is 93.6 Å². The van der Waals surface area contributed by atoms with Crippen LogP contribution in [0.4, 0.5) is 0 Å². The van der Waals surface area contributed by atoms with Crippen LogP contribution in [0.1, 0.15) is 77.9 Å². The Morgan fingerprint density at radius 2 is 1.05 bits per heavy atom. The maximum absolute atomic E-state index is 15.0. The lowest BCUT2D eigenvalue weighted by atomic mass is 9.98. The summed E-state index contributed by atoms with van der Waals surface area (Å²) in [5.41, 5.74) is 1.66. The van der Waals surface area contributed by atoms with E-state index in [0.717, 1.165) is 27.1 Å². The summed E-state index contributed by atoms with van der Waals surface area (Å²) in [6.45, 7) is 13.1. The average molecular weight is 875 g/mol. The molecule has 1 aliphatic heterocycles. The first-order valence-electron chi connectivity index (χ1n) is 20.7. The van der Waals surface area contributed by atoms with E-state index in [-0.39, 0.29) is 36.4 Å². The van der Waals surface area contributed by atoms with E-state index in [1.165, 1.54) is 6.92 Å². The lowest BCUT2D eigenvalue weighted by Gasteiger charge is -2.47. The number of ketones is 1. The van der Waals surface area contributed by atoms with Gasteiger partial charge in [0.1, 0.15) is 11.9 Å². The molecule has 12 heteroatoms. The Balaban J connectivity index is 1.52. The summed E-state index contributed by atoms with van der Waals surface area (Å²) in [5, 5.41) is 1.46. The third-order valence-corrected chi connectivity index (χ3v) is 17.5. The van der Waals surface area contributed by atoms with Crippen molar-refractivity contribution in [2.45, 2.75) is 101 Å². The summed E-state index contributed by atoms with van der Waals surface area (Å²) >= 11 is 0. The molecule has 6 atom stereocenters. The normalized spacial score (nSPS) is 19.5. The summed E-state index contributed by atoms with van der Waals surface area (Å²) in [6.07, 6.45) is -6.23. The Hall–Kier alpha value is -5.53. The van der Waals surface area contributed by atoms with Crippen LogP contribution in [0.3, 0.4) is 0 Å². The zero-order valence-electron chi connectivity index (χ0n) is 36.2. The molecule has 5 aromatic carbocycles.